The molecule has 0 aliphatic rings. The van der Waals surface area contributed by atoms with Crippen molar-refractivity contribution >= 4 is 32.8 Å². The average molecular weight is 679 g/mol. The van der Waals surface area contributed by atoms with E-state index in [2.05, 4.69) is 125 Å². The molecule has 53 heavy (non-hydrogen) atoms. The van der Waals surface area contributed by atoms with Crippen LogP contribution in [-0.2, 0) is 0 Å². The molecule has 5 heteroatoms. The van der Waals surface area contributed by atoms with Crippen LogP contribution in [0.2, 0.25) is 0 Å². The fourth-order valence-electron chi connectivity index (χ4n) is 7.24. The fourth-order valence-corrected chi connectivity index (χ4v) is 7.24. The fraction of sp³-hybridized carbons (Fsp3) is 0. The van der Waals surface area contributed by atoms with Crippen LogP contribution in [0.4, 0.5) is 0 Å². The van der Waals surface area contributed by atoms with E-state index >= 15 is 0 Å². The van der Waals surface area contributed by atoms with Crippen molar-refractivity contribution in [2.75, 3.05) is 0 Å². The van der Waals surface area contributed by atoms with Gasteiger partial charge in [0.2, 0.25) is 0 Å². The first-order chi connectivity index (χ1) is 26.2. The third-order valence-electron chi connectivity index (χ3n) is 9.84. The highest BCUT2D eigenvalue weighted by Gasteiger charge is 2.18. The van der Waals surface area contributed by atoms with Gasteiger partial charge in [-0.25, -0.2) is 9.97 Å². The molecule has 4 heterocycles. The van der Waals surface area contributed by atoms with Crippen molar-refractivity contribution in [2.24, 2.45) is 0 Å². The first-order valence-electron chi connectivity index (χ1n) is 17.6. The molecular formula is C48H30N4O. The van der Waals surface area contributed by atoms with E-state index in [0.29, 0.717) is 5.82 Å². The van der Waals surface area contributed by atoms with Gasteiger partial charge in [0.05, 0.1) is 16.9 Å². The zero-order chi connectivity index (χ0) is 35.1. The topological polar surface area (TPSA) is 64.7 Å². The van der Waals surface area contributed by atoms with Crippen LogP contribution in [0, 0.1) is 0 Å². The maximum atomic E-state index is 6.50. The van der Waals surface area contributed by atoms with Crippen LogP contribution in [0.1, 0.15) is 0 Å². The Balaban J connectivity index is 1.20. The maximum absolute atomic E-state index is 6.50. The van der Waals surface area contributed by atoms with Gasteiger partial charge in [0.25, 0.3) is 0 Å². The highest BCUT2D eigenvalue weighted by molar-refractivity contribution is 6.09. The number of rotatable bonds is 6. The number of aromatic nitrogens is 4. The molecule has 10 rings (SSSR count). The zero-order valence-corrected chi connectivity index (χ0v) is 28.5. The smallest absolute Gasteiger partial charge is 0.160 e. The summed E-state index contributed by atoms with van der Waals surface area (Å²) in [4.78, 5) is 19.4. The van der Waals surface area contributed by atoms with Gasteiger partial charge in [0, 0.05) is 51.4 Å². The molecule has 248 valence electrons. The Kier molecular flexibility index (Phi) is 7.40. The van der Waals surface area contributed by atoms with Crippen LogP contribution < -0.4 is 0 Å². The normalized spacial score (nSPS) is 11.4. The van der Waals surface area contributed by atoms with Crippen LogP contribution in [0.5, 0.6) is 0 Å². The van der Waals surface area contributed by atoms with E-state index in [0.717, 1.165) is 94.3 Å². The highest BCUT2D eigenvalue weighted by atomic mass is 16.3. The summed E-state index contributed by atoms with van der Waals surface area (Å²) < 4.78 is 6.50. The van der Waals surface area contributed by atoms with Crippen molar-refractivity contribution < 1.29 is 4.42 Å². The predicted octanol–water partition coefficient (Wildman–Crippen LogP) is 12.3. The van der Waals surface area contributed by atoms with Gasteiger partial charge in [-0.15, -0.1) is 0 Å². The van der Waals surface area contributed by atoms with Gasteiger partial charge >= 0.3 is 0 Å². The number of hydrogen-bond acceptors (Lipinski definition) is 5. The number of hydrogen-bond donors (Lipinski definition) is 0. The summed E-state index contributed by atoms with van der Waals surface area (Å²) in [5.41, 5.74) is 13.6. The molecule has 0 amide bonds. The largest absolute Gasteiger partial charge is 0.455 e. The lowest BCUT2D eigenvalue weighted by Crippen LogP contribution is -1.97. The van der Waals surface area contributed by atoms with E-state index < -0.39 is 0 Å². The lowest BCUT2D eigenvalue weighted by molar-refractivity contribution is 0.670. The minimum absolute atomic E-state index is 0.647. The molecule has 0 fully saturated rings. The molecule has 0 aliphatic carbocycles. The van der Waals surface area contributed by atoms with Crippen LogP contribution in [0.25, 0.3) is 100 Å². The minimum Gasteiger partial charge on any atom is -0.455 e. The van der Waals surface area contributed by atoms with E-state index in [9.17, 15) is 0 Å². The Bertz CT molecular complexity index is 2930. The minimum atomic E-state index is 0.647. The Labute approximate surface area is 305 Å². The van der Waals surface area contributed by atoms with E-state index in [4.69, 9.17) is 14.4 Å². The molecule has 0 spiro atoms. The second kappa shape index (κ2) is 12.8. The molecule has 0 atom stereocenters. The van der Waals surface area contributed by atoms with Crippen molar-refractivity contribution in [3.8, 4) is 67.3 Å². The number of benzene rings is 6. The van der Waals surface area contributed by atoms with Crippen LogP contribution in [-0.4, -0.2) is 19.9 Å². The summed E-state index contributed by atoms with van der Waals surface area (Å²) in [5, 5.41) is 3.23. The van der Waals surface area contributed by atoms with Gasteiger partial charge < -0.3 is 4.42 Å². The summed E-state index contributed by atoms with van der Waals surface area (Å²) in [7, 11) is 0. The summed E-state index contributed by atoms with van der Waals surface area (Å²) in [6.45, 7) is 0. The Hall–Kier alpha value is -7.24. The summed E-state index contributed by atoms with van der Waals surface area (Å²) in [6, 6.07) is 56.6. The van der Waals surface area contributed by atoms with Gasteiger partial charge in [-0.3, -0.25) is 9.97 Å². The standard InChI is InChI=1S/C48H30N4O/c1-2-10-33(11-3-1)48-51-44(29-45(52-48)42-16-6-15-41-40-13-4-5-19-46(40)53-47(41)42)37-27-35(32-22-20-31(21-23-32)34-12-8-24-49-30-34)26-36(28-37)38-14-7-18-43-39(38)17-9-25-50-43/h1-30H. The highest BCUT2D eigenvalue weighted by Crippen LogP contribution is 2.39. The third-order valence-corrected chi connectivity index (χ3v) is 9.84. The molecule has 6 aromatic carbocycles. The van der Waals surface area contributed by atoms with E-state index in [1.165, 1.54) is 0 Å². The zero-order valence-electron chi connectivity index (χ0n) is 28.5. The van der Waals surface area contributed by atoms with Crippen LogP contribution in [0.15, 0.2) is 187 Å². The van der Waals surface area contributed by atoms with Gasteiger partial charge in [-0.1, -0.05) is 109 Å². The van der Waals surface area contributed by atoms with Gasteiger partial charge in [-0.05, 0) is 88.0 Å². The van der Waals surface area contributed by atoms with E-state index in [-0.39, 0.29) is 0 Å². The average Bonchev–Trinajstić information content (AvgIpc) is 3.63. The number of furan rings is 1. The summed E-state index contributed by atoms with van der Waals surface area (Å²) in [6.07, 6.45) is 5.53. The third kappa shape index (κ3) is 5.61. The molecule has 0 unspecified atom stereocenters. The first-order valence-corrected chi connectivity index (χ1v) is 17.6. The van der Waals surface area contributed by atoms with Gasteiger partial charge in [-0.2, -0.15) is 0 Å². The Morgan fingerprint density at radius 2 is 1.08 bits per heavy atom. The maximum Gasteiger partial charge on any atom is 0.160 e. The second-order valence-corrected chi connectivity index (χ2v) is 13.1. The van der Waals surface area contributed by atoms with Crippen LogP contribution >= 0.6 is 0 Å². The molecule has 5 nitrogen and oxygen atoms in total. The quantitative estimate of drug-likeness (QED) is 0.175. The van der Waals surface area contributed by atoms with Gasteiger partial charge in [0.15, 0.2) is 5.82 Å². The first kappa shape index (κ1) is 30.6. The SMILES string of the molecule is c1ccc(-c2nc(-c3cc(-c4ccc(-c5cccnc5)cc4)cc(-c4cccc5ncccc45)c3)cc(-c3cccc4c3oc3ccccc34)n2)cc1. The molecule has 10 aromatic rings. The monoisotopic (exact) mass is 678 g/mol. The number of nitrogens with zero attached hydrogens (tertiary/aromatic N) is 4. The van der Waals surface area contributed by atoms with Gasteiger partial charge in [0.1, 0.15) is 11.2 Å². The lowest BCUT2D eigenvalue weighted by atomic mass is 9.92. The molecule has 0 saturated heterocycles. The van der Waals surface area contributed by atoms with Crippen molar-refractivity contribution in [1.29, 1.82) is 0 Å². The number of fused-ring (bicyclic) bond motifs is 4. The lowest BCUT2D eigenvalue weighted by Gasteiger charge is -2.14. The number of para-hydroxylation sites is 2. The van der Waals surface area contributed by atoms with Crippen molar-refractivity contribution in [2.45, 2.75) is 0 Å². The summed E-state index contributed by atoms with van der Waals surface area (Å²) in [5.74, 6) is 0.647. The molecular weight excluding hydrogens is 649 g/mol. The van der Waals surface area contributed by atoms with E-state index in [1.54, 1.807) is 6.20 Å². The van der Waals surface area contributed by atoms with Crippen molar-refractivity contribution in [3.63, 3.8) is 0 Å². The summed E-state index contributed by atoms with van der Waals surface area (Å²) >= 11 is 0. The predicted molar refractivity (Wildman–Crippen MR) is 215 cm³/mol. The van der Waals surface area contributed by atoms with E-state index in [1.807, 2.05) is 60.9 Å². The molecule has 0 radical (unpaired) electrons. The van der Waals surface area contributed by atoms with Crippen molar-refractivity contribution in [3.05, 3.63) is 182 Å². The Morgan fingerprint density at radius 1 is 0.396 bits per heavy atom. The molecule has 0 saturated carbocycles. The number of pyridine rings is 2. The second-order valence-electron chi connectivity index (χ2n) is 13.1. The van der Waals surface area contributed by atoms with Crippen molar-refractivity contribution in [1.82, 2.24) is 19.9 Å². The van der Waals surface area contributed by atoms with Crippen LogP contribution in [0.3, 0.4) is 0 Å². The molecule has 4 aromatic heterocycles. The molecule has 0 bridgehead atoms. The Morgan fingerprint density at radius 3 is 1.94 bits per heavy atom. The molecule has 0 N–H and O–H groups in total. The molecule has 0 aliphatic heterocycles.